The van der Waals surface area contributed by atoms with Crippen molar-refractivity contribution < 1.29 is 19.1 Å². The van der Waals surface area contributed by atoms with Gasteiger partial charge in [0, 0.05) is 36.2 Å². The molecule has 26 heavy (non-hydrogen) atoms. The van der Waals surface area contributed by atoms with E-state index in [0.29, 0.717) is 29.2 Å². The van der Waals surface area contributed by atoms with Crippen molar-refractivity contribution in [1.82, 2.24) is 0 Å². The number of rotatable bonds is 3. The Morgan fingerprint density at radius 3 is 2.73 bits per heavy atom. The zero-order valence-corrected chi connectivity index (χ0v) is 15.0. The minimum atomic E-state index is -0.514. The lowest BCUT2D eigenvalue weighted by Gasteiger charge is -2.32. The summed E-state index contributed by atoms with van der Waals surface area (Å²) in [4.78, 5) is 28.4. The first-order valence-corrected chi connectivity index (χ1v) is 8.53. The third-order valence-corrected chi connectivity index (χ3v) is 4.77. The van der Waals surface area contributed by atoms with Gasteiger partial charge in [0.15, 0.2) is 17.3 Å². The van der Waals surface area contributed by atoms with Gasteiger partial charge in [0.25, 0.3) is 0 Å². The van der Waals surface area contributed by atoms with Crippen LogP contribution in [-0.2, 0) is 9.59 Å². The summed E-state index contributed by atoms with van der Waals surface area (Å²) in [6.07, 6.45) is 2.01. The third kappa shape index (κ3) is 3.13. The molecule has 1 unspecified atom stereocenters. The van der Waals surface area contributed by atoms with Crippen LogP contribution in [0.2, 0.25) is 0 Å². The zero-order chi connectivity index (χ0) is 18.8. The Morgan fingerprint density at radius 2 is 2.08 bits per heavy atom. The van der Waals surface area contributed by atoms with E-state index in [2.05, 4.69) is 11.1 Å². The average Bonchev–Trinajstić information content (AvgIpc) is 2.60. The first-order chi connectivity index (χ1) is 12.5. The van der Waals surface area contributed by atoms with Gasteiger partial charge in [-0.05, 0) is 37.5 Å². The molecule has 0 saturated carbocycles. The second kappa shape index (κ2) is 7.12. The van der Waals surface area contributed by atoms with Crippen LogP contribution in [0, 0.1) is 17.2 Å². The van der Waals surface area contributed by atoms with E-state index in [1.54, 1.807) is 18.2 Å². The largest absolute Gasteiger partial charge is 0.493 e. The highest BCUT2D eigenvalue weighted by molar-refractivity contribution is 6.03. The summed E-state index contributed by atoms with van der Waals surface area (Å²) in [6.45, 7) is 3.14. The second-order valence-electron chi connectivity index (χ2n) is 6.48. The Hall–Kier alpha value is -2.94. The van der Waals surface area contributed by atoms with Crippen molar-refractivity contribution in [2.45, 2.75) is 39.0 Å². The molecular weight excluding hydrogens is 332 g/mol. The zero-order valence-electron chi connectivity index (χ0n) is 15.0. The van der Waals surface area contributed by atoms with E-state index in [9.17, 15) is 14.9 Å². The van der Waals surface area contributed by atoms with Crippen LogP contribution in [0.1, 0.15) is 44.6 Å². The Bertz CT molecular complexity index is 876. The fourth-order valence-electron chi connectivity index (χ4n) is 3.65. The van der Waals surface area contributed by atoms with Gasteiger partial charge in [0.2, 0.25) is 0 Å². The highest BCUT2D eigenvalue weighted by atomic mass is 16.6. The highest BCUT2D eigenvalue weighted by Gasteiger charge is 2.39. The molecule has 1 aliphatic heterocycles. The molecule has 1 aromatic rings. The molecule has 0 N–H and O–H groups in total. The fraction of sp³-hybridized carbons (Fsp3) is 0.400. The van der Waals surface area contributed by atoms with Crippen LogP contribution in [0.15, 0.2) is 34.5 Å². The second-order valence-corrected chi connectivity index (χ2v) is 6.48. The molecule has 2 aliphatic rings. The maximum absolute atomic E-state index is 12.6. The minimum absolute atomic E-state index is 0.0516. The molecule has 0 spiro atoms. The summed E-state index contributed by atoms with van der Waals surface area (Å²) in [6, 6.07) is 7.45. The molecule has 0 aromatic heterocycles. The molecule has 0 bridgehead atoms. The van der Waals surface area contributed by atoms with E-state index in [1.807, 2.05) is 6.92 Å². The number of ketones is 1. The van der Waals surface area contributed by atoms with E-state index in [-0.39, 0.29) is 11.7 Å². The first kappa shape index (κ1) is 17.9. The number of carbonyl (C=O) groups is 2. The molecule has 6 nitrogen and oxygen atoms in total. The number of hydrogen-bond donors (Lipinski definition) is 0. The number of aliphatic imine (C=N–C) groups is 1. The van der Waals surface area contributed by atoms with Gasteiger partial charge in [0.1, 0.15) is 0 Å². The molecule has 0 amide bonds. The summed E-state index contributed by atoms with van der Waals surface area (Å²) in [5.41, 5.74) is 2.92. The third-order valence-electron chi connectivity index (χ3n) is 4.77. The van der Waals surface area contributed by atoms with Crippen molar-refractivity contribution in [2.24, 2.45) is 10.9 Å². The summed E-state index contributed by atoms with van der Waals surface area (Å²) in [5.74, 6) is -0.599. The number of hydrogen-bond acceptors (Lipinski definition) is 6. The van der Waals surface area contributed by atoms with Gasteiger partial charge in [-0.1, -0.05) is 6.07 Å². The van der Waals surface area contributed by atoms with Gasteiger partial charge in [-0.2, -0.15) is 5.26 Å². The Morgan fingerprint density at radius 1 is 1.31 bits per heavy atom. The Balaban J connectivity index is 2.12. The quantitative estimate of drug-likeness (QED) is 0.615. The molecule has 1 aliphatic carbocycles. The number of carbonyl (C=O) groups excluding carboxylic acids is 2. The normalized spacial score (nSPS) is 22.2. The average molecular weight is 352 g/mol. The van der Waals surface area contributed by atoms with E-state index in [4.69, 9.17) is 9.47 Å². The lowest BCUT2D eigenvalue weighted by atomic mass is 9.72. The molecule has 6 heteroatoms. The van der Waals surface area contributed by atoms with E-state index in [0.717, 1.165) is 24.1 Å². The summed E-state index contributed by atoms with van der Waals surface area (Å²) >= 11 is 0. The van der Waals surface area contributed by atoms with Crippen LogP contribution in [0.25, 0.3) is 0 Å². The number of Topliss-reactive ketones (excluding diaryl/α,β-unsaturated/α-hetero) is 1. The summed E-state index contributed by atoms with van der Waals surface area (Å²) in [5, 5.41) is 9.70. The Kier molecular flexibility index (Phi) is 4.90. The van der Waals surface area contributed by atoms with E-state index < -0.39 is 11.9 Å². The highest BCUT2D eigenvalue weighted by Crippen LogP contribution is 2.44. The lowest BCUT2D eigenvalue weighted by molar-refractivity contribution is -0.132. The van der Waals surface area contributed by atoms with E-state index >= 15 is 0 Å². The molecular formula is C20H20N2O4. The minimum Gasteiger partial charge on any atom is -0.493 e. The van der Waals surface area contributed by atoms with Gasteiger partial charge in [-0.15, -0.1) is 0 Å². The van der Waals surface area contributed by atoms with Gasteiger partial charge in [-0.25, -0.2) is 0 Å². The lowest BCUT2D eigenvalue weighted by Crippen LogP contribution is -2.30. The van der Waals surface area contributed by atoms with Crippen molar-refractivity contribution >= 4 is 17.5 Å². The number of ether oxygens (including phenoxy) is 2. The van der Waals surface area contributed by atoms with E-state index in [1.165, 1.54) is 14.0 Å². The number of allylic oxidation sites excluding steroid dienone is 2. The predicted molar refractivity (Wildman–Crippen MR) is 95.1 cm³/mol. The topological polar surface area (TPSA) is 88.8 Å². The summed E-state index contributed by atoms with van der Waals surface area (Å²) < 4.78 is 10.5. The van der Waals surface area contributed by atoms with Gasteiger partial charge >= 0.3 is 5.97 Å². The number of nitriles is 1. The predicted octanol–water partition coefficient (Wildman–Crippen LogP) is 3.33. The smallest absolute Gasteiger partial charge is 0.308 e. The van der Waals surface area contributed by atoms with Crippen molar-refractivity contribution in [3.05, 3.63) is 35.0 Å². The molecule has 0 fully saturated rings. The van der Waals surface area contributed by atoms with Gasteiger partial charge < -0.3 is 9.47 Å². The van der Waals surface area contributed by atoms with Crippen molar-refractivity contribution in [3.8, 4) is 17.6 Å². The SMILES string of the molecule is COc1cc([C@H]2C3=C(CCCC3=O)N=C(C)C2C#N)ccc1OC(C)=O. The standard InChI is InChI=1S/C20H20N2O4/c1-11-14(10-21)19(20-15(22-11)5-4-6-16(20)24)13-7-8-17(26-12(2)23)18(9-13)25-3/h7-9,14,19H,4-6H2,1-3H3/t14?,19-/m1/s1. The maximum atomic E-state index is 12.6. The number of nitrogens with zero attached hydrogens (tertiary/aromatic N) is 2. The molecule has 1 heterocycles. The van der Waals surface area contributed by atoms with Crippen LogP contribution in [0.3, 0.4) is 0 Å². The Labute approximate surface area is 152 Å². The molecule has 2 atom stereocenters. The van der Waals surface area contributed by atoms with Crippen LogP contribution < -0.4 is 9.47 Å². The van der Waals surface area contributed by atoms with Crippen LogP contribution in [0.4, 0.5) is 0 Å². The van der Waals surface area contributed by atoms with Gasteiger partial charge in [0.05, 0.1) is 19.1 Å². The molecule has 0 radical (unpaired) electrons. The number of methoxy groups -OCH3 is 1. The maximum Gasteiger partial charge on any atom is 0.308 e. The molecule has 1 aromatic carbocycles. The number of benzene rings is 1. The molecule has 3 rings (SSSR count). The van der Waals surface area contributed by atoms with Crippen LogP contribution in [-0.4, -0.2) is 24.6 Å². The molecule has 0 saturated heterocycles. The molecule has 134 valence electrons. The van der Waals surface area contributed by atoms with Gasteiger partial charge in [-0.3, -0.25) is 14.6 Å². The number of esters is 1. The van der Waals surface area contributed by atoms with Crippen molar-refractivity contribution in [1.29, 1.82) is 5.26 Å². The van der Waals surface area contributed by atoms with Crippen molar-refractivity contribution in [3.63, 3.8) is 0 Å². The van der Waals surface area contributed by atoms with Crippen LogP contribution in [0.5, 0.6) is 11.5 Å². The monoisotopic (exact) mass is 352 g/mol. The van der Waals surface area contributed by atoms with Crippen molar-refractivity contribution in [2.75, 3.05) is 7.11 Å². The summed E-state index contributed by atoms with van der Waals surface area (Å²) in [7, 11) is 1.48. The fourth-order valence-corrected chi connectivity index (χ4v) is 3.65. The van der Waals surface area contributed by atoms with Crippen LogP contribution >= 0.6 is 0 Å². The first-order valence-electron chi connectivity index (χ1n) is 8.53.